The standard InChI is InChI=1S/C55H35N3O/c1-4-15-36(16-5-1)41-21-14-22-43(33-41)55-57-53(39-19-8-3-9-20-39)56-54(58-55)40-29-27-37(28-30-40)42-31-32-51-49(34-42)50-35-48(46-25-12-13-26-47(46)52(50)59-51)45-24-11-10-23-44(45)38-17-6-2-7-18-38/h1-35H. The summed E-state index contributed by atoms with van der Waals surface area (Å²) < 4.78 is 6.64. The lowest BCUT2D eigenvalue weighted by Crippen LogP contribution is -2.00. The number of furan rings is 1. The van der Waals surface area contributed by atoms with Crippen LogP contribution in [0.1, 0.15) is 0 Å². The molecule has 0 N–H and O–H groups in total. The number of nitrogens with zero attached hydrogens (tertiary/aromatic N) is 3. The Morgan fingerprint density at radius 3 is 1.44 bits per heavy atom. The Morgan fingerprint density at radius 2 is 0.729 bits per heavy atom. The lowest BCUT2D eigenvalue weighted by Gasteiger charge is -2.13. The predicted molar refractivity (Wildman–Crippen MR) is 243 cm³/mol. The molecule has 0 saturated heterocycles. The first-order valence-corrected chi connectivity index (χ1v) is 19.8. The van der Waals surface area contributed by atoms with Crippen LogP contribution in [-0.2, 0) is 0 Å². The van der Waals surface area contributed by atoms with Crippen LogP contribution in [0.3, 0.4) is 0 Å². The Labute approximate surface area is 341 Å². The first kappa shape index (κ1) is 34.3. The molecule has 2 aromatic heterocycles. The lowest BCUT2D eigenvalue weighted by atomic mass is 9.90. The van der Waals surface area contributed by atoms with Gasteiger partial charge in [0.1, 0.15) is 11.2 Å². The second-order valence-electron chi connectivity index (χ2n) is 14.8. The Hall–Kier alpha value is -7.95. The van der Waals surface area contributed by atoms with E-state index >= 15 is 0 Å². The smallest absolute Gasteiger partial charge is 0.164 e. The third-order valence-corrected chi connectivity index (χ3v) is 11.2. The molecule has 9 aromatic carbocycles. The molecule has 0 atom stereocenters. The van der Waals surface area contributed by atoms with E-state index in [9.17, 15) is 0 Å². The van der Waals surface area contributed by atoms with Crippen molar-refractivity contribution in [1.29, 1.82) is 0 Å². The number of fused-ring (bicyclic) bond motifs is 5. The van der Waals surface area contributed by atoms with Gasteiger partial charge in [-0.15, -0.1) is 0 Å². The Balaban J connectivity index is 1.000. The third-order valence-electron chi connectivity index (χ3n) is 11.2. The van der Waals surface area contributed by atoms with E-state index in [1.807, 2.05) is 36.4 Å². The Kier molecular flexibility index (Phi) is 8.45. The molecule has 0 aliphatic heterocycles. The van der Waals surface area contributed by atoms with Gasteiger partial charge in [-0.25, -0.2) is 15.0 Å². The number of hydrogen-bond acceptors (Lipinski definition) is 4. The highest BCUT2D eigenvalue weighted by Gasteiger charge is 2.18. The maximum Gasteiger partial charge on any atom is 0.164 e. The van der Waals surface area contributed by atoms with E-state index in [1.165, 1.54) is 27.6 Å². The molecule has 0 amide bonds. The first-order chi connectivity index (χ1) is 29.2. The van der Waals surface area contributed by atoms with Crippen LogP contribution in [0.15, 0.2) is 217 Å². The van der Waals surface area contributed by atoms with Gasteiger partial charge in [-0.2, -0.15) is 0 Å². The van der Waals surface area contributed by atoms with Crippen LogP contribution < -0.4 is 0 Å². The van der Waals surface area contributed by atoms with Crippen molar-refractivity contribution in [3.63, 3.8) is 0 Å². The third kappa shape index (κ3) is 6.34. The molecule has 11 rings (SSSR count). The van der Waals surface area contributed by atoms with Crippen LogP contribution in [0.25, 0.3) is 111 Å². The summed E-state index contributed by atoms with van der Waals surface area (Å²) in [6.45, 7) is 0. The van der Waals surface area contributed by atoms with Crippen LogP contribution >= 0.6 is 0 Å². The predicted octanol–water partition coefficient (Wildman–Crippen LogP) is 14.6. The molecule has 59 heavy (non-hydrogen) atoms. The topological polar surface area (TPSA) is 51.8 Å². The fourth-order valence-electron chi connectivity index (χ4n) is 8.22. The van der Waals surface area contributed by atoms with Gasteiger partial charge in [0.2, 0.25) is 0 Å². The van der Waals surface area contributed by atoms with Gasteiger partial charge in [0.05, 0.1) is 0 Å². The van der Waals surface area contributed by atoms with Gasteiger partial charge in [-0.3, -0.25) is 0 Å². The first-order valence-electron chi connectivity index (χ1n) is 19.8. The maximum atomic E-state index is 6.64. The second-order valence-corrected chi connectivity index (χ2v) is 14.8. The number of hydrogen-bond donors (Lipinski definition) is 0. The SMILES string of the molecule is c1ccc(-c2cccc(-c3nc(-c4ccccc4)nc(-c4ccc(-c5ccc6oc7c8ccccc8c(-c8ccccc8-c8ccccc8)cc7c6c5)cc4)n3)c2)cc1. The van der Waals surface area contributed by atoms with E-state index in [0.717, 1.165) is 66.3 Å². The molecule has 4 heteroatoms. The van der Waals surface area contributed by atoms with Crippen LogP contribution in [0.5, 0.6) is 0 Å². The molecular formula is C55H35N3O. The van der Waals surface area contributed by atoms with Gasteiger partial charge >= 0.3 is 0 Å². The van der Waals surface area contributed by atoms with Crippen LogP contribution in [0.4, 0.5) is 0 Å². The van der Waals surface area contributed by atoms with E-state index in [4.69, 9.17) is 19.4 Å². The molecule has 276 valence electrons. The summed E-state index contributed by atoms with van der Waals surface area (Å²) in [6, 6.07) is 74.1. The van der Waals surface area contributed by atoms with Gasteiger partial charge in [0, 0.05) is 32.8 Å². The van der Waals surface area contributed by atoms with Crippen molar-refractivity contribution in [2.24, 2.45) is 0 Å². The van der Waals surface area contributed by atoms with Crippen molar-refractivity contribution in [3.8, 4) is 78.7 Å². The average molecular weight is 754 g/mol. The quantitative estimate of drug-likeness (QED) is 0.163. The largest absolute Gasteiger partial charge is 0.455 e. The summed E-state index contributed by atoms with van der Waals surface area (Å²) in [5.41, 5.74) is 13.8. The van der Waals surface area contributed by atoms with E-state index < -0.39 is 0 Å². The highest BCUT2D eigenvalue weighted by atomic mass is 16.3. The van der Waals surface area contributed by atoms with Crippen LogP contribution in [0.2, 0.25) is 0 Å². The van der Waals surface area contributed by atoms with E-state index in [1.54, 1.807) is 0 Å². The lowest BCUT2D eigenvalue weighted by molar-refractivity contribution is 0.673. The van der Waals surface area contributed by atoms with Gasteiger partial charge in [0.25, 0.3) is 0 Å². The zero-order valence-corrected chi connectivity index (χ0v) is 32.0. The zero-order chi connectivity index (χ0) is 39.1. The molecule has 0 fully saturated rings. The van der Waals surface area contributed by atoms with E-state index in [-0.39, 0.29) is 0 Å². The maximum absolute atomic E-state index is 6.64. The van der Waals surface area contributed by atoms with Crippen LogP contribution in [-0.4, -0.2) is 15.0 Å². The van der Waals surface area contributed by atoms with E-state index in [0.29, 0.717) is 17.5 Å². The zero-order valence-electron chi connectivity index (χ0n) is 32.0. The summed E-state index contributed by atoms with van der Waals surface area (Å²) in [5.74, 6) is 1.89. The molecule has 0 spiro atoms. The van der Waals surface area contributed by atoms with Crippen molar-refractivity contribution < 1.29 is 4.42 Å². The van der Waals surface area contributed by atoms with Gasteiger partial charge in [-0.05, 0) is 74.2 Å². The summed E-state index contributed by atoms with van der Waals surface area (Å²) in [6.07, 6.45) is 0. The molecule has 0 saturated carbocycles. The molecule has 2 heterocycles. The Bertz CT molecular complexity index is 3300. The molecule has 0 aliphatic rings. The molecule has 4 nitrogen and oxygen atoms in total. The summed E-state index contributed by atoms with van der Waals surface area (Å²) >= 11 is 0. The minimum atomic E-state index is 0.622. The highest BCUT2D eigenvalue weighted by molar-refractivity contribution is 6.20. The summed E-state index contributed by atoms with van der Waals surface area (Å²) in [4.78, 5) is 15.0. The van der Waals surface area contributed by atoms with Crippen molar-refractivity contribution in [1.82, 2.24) is 15.0 Å². The summed E-state index contributed by atoms with van der Waals surface area (Å²) in [5, 5.41) is 4.44. The number of aromatic nitrogens is 3. The molecule has 0 aliphatic carbocycles. The van der Waals surface area contributed by atoms with E-state index in [2.05, 4.69) is 176 Å². The fraction of sp³-hybridized carbons (Fsp3) is 0. The Morgan fingerprint density at radius 1 is 0.254 bits per heavy atom. The van der Waals surface area contributed by atoms with Crippen LogP contribution in [0, 0.1) is 0 Å². The van der Waals surface area contributed by atoms with Gasteiger partial charge in [-0.1, -0.05) is 188 Å². The van der Waals surface area contributed by atoms with Gasteiger partial charge in [0.15, 0.2) is 17.5 Å². The fourth-order valence-corrected chi connectivity index (χ4v) is 8.22. The minimum absolute atomic E-state index is 0.622. The average Bonchev–Trinajstić information content (AvgIpc) is 3.70. The molecule has 11 aromatic rings. The van der Waals surface area contributed by atoms with Crippen molar-refractivity contribution in [2.75, 3.05) is 0 Å². The van der Waals surface area contributed by atoms with Crippen molar-refractivity contribution >= 4 is 32.7 Å². The van der Waals surface area contributed by atoms with Crippen molar-refractivity contribution in [2.45, 2.75) is 0 Å². The second kappa shape index (κ2) is 14.5. The molecule has 0 radical (unpaired) electrons. The number of rotatable bonds is 7. The molecule has 0 bridgehead atoms. The number of benzene rings is 9. The summed E-state index contributed by atoms with van der Waals surface area (Å²) in [7, 11) is 0. The molecule has 0 unspecified atom stereocenters. The minimum Gasteiger partial charge on any atom is -0.455 e. The monoisotopic (exact) mass is 753 g/mol. The molecular weight excluding hydrogens is 719 g/mol. The van der Waals surface area contributed by atoms with Gasteiger partial charge < -0.3 is 4.42 Å². The van der Waals surface area contributed by atoms with Crippen molar-refractivity contribution in [3.05, 3.63) is 212 Å². The normalized spacial score (nSPS) is 11.4. The highest BCUT2D eigenvalue weighted by Crippen LogP contribution is 2.43.